The summed E-state index contributed by atoms with van der Waals surface area (Å²) in [5.74, 6) is -0.934. The van der Waals surface area contributed by atoms with Crippen LogP contribution in [-0.4, -0.2) is 77.0 Å². The third kappa shape index (κ3) is 6.23. The average molecular weight is 534 g/mol. The van der Waals surface area contributed by atoms with E-state index in [-0.39, 0.29) is 5.56 Å². The first-order valence-electron chi connectivity index (χ1n) is 13.4. The van der Waals surface area contributed by atoms with Gasteiger partial charge in [-0.1, -0.05) is 42.7 Å². The van der Waals surface area contributed by atoms with E-state index in [4.69, 9.17) is 14.9 Å². The van der Waals surface area contributed by atoms with Gasteiger partial charge < -0.3 is 14.7 Å². The molecule has 4 aromatic rings. The Balaban J connectivity index is 1.15. The summed E-state index contributed by atoms with van der Waals surface area (Å²) in [6.45, 7) is 6.43. The SMILES string of the molecule is COCCCCCCCN1CCN(c2ccc(-c3nn4c(-c5ccc(C(=O)O)cc5)cnc4s3)cc2)CC1. The van der Waals surface area contributed by atoms with Crippen molar-refractivity contribution in [1.29, 1.82) is 0 Å². The largest absolute Gasteiger partial charge is 0.478 e. The van der Waals surface area contributed by atoms with Gasteiger partial charge in [0.05, 0.1) is 17.5 Å². The predicted octanol–water partition coefficient (Wildman–Crippen LogP) is 5.54. The lowest BCUT2D eigenvalue weighted by Crippen LogP contribution is -2.46. The summed E-state index contributed by atoms with van der Waals surface area (Å²) in [4.78, 5) is 21.6. The lowest BCUT2D eigenvalue weighted by atomic mass is 10.1. The Kier molecular flexibility index (Phi) is 8.68. The molecule has 0 amide bonds. The highest BCUT2D eigenvalue weighted by Crippen LogP contribution is 2.31. The summed E-state index contributed by atoms with van der Waals surface area (Å²) in [6, 6.07) is 15.5. The maximum absolute atomic E-state index is 11.2. The van der Waals surface area contributed by atoms with Crippen LogP contribution in [0.25, 0.3) is 26.8 Å². The van der Waals surface area contributed by atoms with E-state index in [0.717, 1.165) is 59.6 Å². The van der Waals surface area contributed by atoms with Crippen LogP contribution in [0.3, 0.4) is 0 Å². The van der Waals surface area contributed by atoms with E-state index in [1.807, 2.05) is 4.52 Å². The van der Waals surface area contributed by atoms with Crippen LogP contribution < -0.4 is 4.90 Å². The van der Waals surface area contributed by atoms with Crippen molar-refractivity contribution in [1.82, 2.24) is 19.5 Å². The van der Waals surface area contributed by atoms with Crippen LogP contribution >= 0.6 is 11.3 Å². The molecular weight excluding hydrogens is 498 g/mol. The van der Waals surface area contributed by atoms with E-state index in [1.165, 1.54) is 44.3 Å². The van der Waals surface area contributed by atoms with Gasteiger partial charge in [-0.25, -0.2) is 14.3 Å². The van der Waals surface area contributed by atoms with Crippen LogP contribution in [0.5, 0.6) is 0 Å². The van der Waals surface area contributed by atoms with Gasteiger partial charge in [-0.2, -0.15) is 5.10 Å². The van der Waals surface area contributed by atoms with E-state index >= 15 is 0 Å². The molecule has 5 rings (SSSR count). The van der Waals surface area contributed by atoms with Crippen LogP contribution in [0.2, 0.25) is 0 Å². The number of ether oxygens (including phenoxy) is 1. The molecule has 1 saturated heterocycles. The first kappa shape index (κ1) is 26.3. The number of aromatic carboxylic acids is 1. The number of hydrogen-bond donors (Lipinski definition) is 1. The molecule has 8 nitrogen and oxygen atoms in total. The minimum atomic E-state index is -0.934. The fraction of sp³-hybridized carbons (Fsp3) is 0.414. The smallest absolute Gasteiger partial charge is 0.335 e. The second-order valence-corrected chi connectivity index (χ2v) is 10.7. The number of methoxy groups -OCH3 is 1. The van der Waals surface area contributed by atoms with Crippen LogP contribution in [-0.2, 0) is 4.74 Å². The number of fused-ring (bicyclic) bond motifs is 1. The zero-order valence-corrected chi connectivity index (χ0v) is 22.7. The summed E-state index contributed by atoms with van der Waals surface area (Å²) in [5, 5.41) is 14.9. The quantitative estimate of drug-likeness (QED) is 0.239. The number of imidazole rings is 1. The number of anilines is 1. The van der Waals surface area contributed by atoms with Crippen molar-refractivity contribution < 1.29 is 14.6 Å². The van der Waals surface area contributed by atoms with Gasteiger partial charge >= 0.3 is 5.97 Å². The number of carboxylic acids is 1. The second kappa shape index (κ2) is 12.5. The normalized spacial score (nSPS) is 14.4. The van der Waals surface area contributed by atoms with Gasteiger partial charge in [-0.15, -0.1) is 0 Å². The molecule has 1 aliphatic rings. The lowest BCUT2D eigenvalue weighted by molar-refractivity contribution is 0.0697. The number of piperazine rings is 1. The number of rotatable bonds is 12. The number of nitrogens with zero attached hydrogens (tertiary/aromatic N) is 5. The highest BCUT2D eigenvalue weighted by atomic mass is 32.1. The van der Waals surface area contributed by atoms with E-state index in [9.17, 15) is 4.79 Å². The van der Waals surface area contributed by atoms with Crippen LogP contribution in [0, 0.1) is 0 Å². The number of unbranched alkanes of at least 4 members (excludes halogenated alkanes) is 4. The molecule has 1 N–H and O–H groups in total. The topological polar surface area (TPSA) is 83.2 Å². The van der Waals surface area contributed by atoms with Crippen molar-refractivity contribution in [3.05, 3.63) is 60.3 Å². The monoisotopic (exact) mass is 533 g/mol. The highest BCUT2D eigenvalue weighted by Gasteiger charge is 2.18. The van der Waals surface area contributed by atoms with Gasteiger partial charge in [0.1, 0.15) is 5.01 Å². The average Bonchev–Trinajstić information content (AvgIpc) is 3.54. The molecule has 0 radical (unpaired) electrons. The van der Waals surface area contributed by atoms with Gasteiger partial charge in [0.25, 0.3) is 0 Å². The van der Waals surface area contributed by atoms with Crippen molar-refractivity contribution in [2.75, 3.05) is 51.3 Å². The van der Waals surface area contributed by atoms with Crippen molar-refractivity contribution in [3.63, 3.8) is 0 Å². The fourth-order valence-corrected chi connectivity index (χ4v) is 5.83. The summed E-state index contributed by atoms with van der Waals surface area (Å²) < 4.78 is 6.96. The summed E-state index contributed by atoms with van der Waals surface area (Å²) >= 11 is 1.55. The summed E-state index contributed by atoms with van der Waals surface area (Å²) in [7, 11) is 1.78. The lowest BCUT2D eigenvalue weighted by Gasteiger charge is -2.36. The Bertz CT molecular complexity index is 1320. The minimum absolute atomic E-state index is 0.263. The van der Waals surface area contributed by atoms with Gasteiger partial charge in [0.2, 0.25) is 4.96 Å². The molecule has 0 unspecified atom stereocenters. The summed E-state index contributed by atoms with van der Waals surface area (Å²) in [5.41, 5.74) is 4.32. The zero-order valence-electron chi connectivity index (χ0n) is 21.9. The van der Waals surface area contributed by atoms with Crippen LogP contribution in [0.4, 0.5) is 5.69 Å². The highest BCUT2D eigenvalue weighted by molar-refractivity contribution is 7.19. The number of carbonyl (C=O) groups is 1. The zero-order chi connectivity index (χ0) is 26.3. The predicted molar refractivity (Wildman–Crippen MR) is 152 cm³/mol. The third-order valence-electron chi connectivity index (χ3n) is 7.19. The van der Waals surface area contributed by atoms with E-state index in [2.05, 4.69) is 39.0 Å². The standard InChI is InChI=1S/C29H35N5O3S/c1-37-20-6-4-2-3-5-15-32-16-18-33(19-17-32)25-13-11-23(12-14-25)27-31-34-26(21-30-29(34)38-27)22-7-9-24(10-8-22)28(35)36/h7-14,21H,2-6,15-20H2,1H3,(H,35,36). The fourth-order valence-electron chi connectivity index (χ4n) is 4.95. The first-order chi connectivity index (χ1) is 18.6. The number of benzene rings is 2. The van der Waals surface area contributed by atoms with Gasteiger partial charge in [-0.05, 0) is 55.8 Å². The Morgan fingerprint density at radius 1 is 0.921 bits per heavy atom. The van der Waals surface area contributed by atoms with E-state index in [0.29, 0.717) is 0 Å². The molecule has 1 fully saturated rings. The summed E-state index contributed by atoms with van der Waals surface area (Å²) in [6.07, 6.45) is 8.14. The molecule has 2 aromatic heterocycles. The van der Waals surface area contributed by atoms with Gasteiger partial charge in [-0.3, -0.25) is 4.90 Å². The molecule has 1 aliphatic heterocycles. The molecule has 9 heteroatoms. The number of aromatic nitrogens is 3. The molecule has 0 saturated carbocycles. The van der Waals surface area contributed by atoms with Crippen molar-refractivity contribution >= 4 is 28.0 Å². The Hall–Kier alpha value is -3.27. The Labute approximate surface area is 227 Å². The first-order valence-corrected chi connectivity index (χ1v) is 14.2. The molecule has 0 spiro atoms. The van der Waals surface area contributed by atoms with Gasteiger partial charge in [0.15, 0.2) is 0 Å². The number of hydrogen-bond acceptors (Lipinski definition) is 7. The third-order valence-corrected chi connectivity index (χ3v) is 8.16. The Morgan fingerprint density at radius 3 is 2.32 bits per heavy atom. The van der Waals surface area contributed by atoms with Crippen molar-refractivity contribution in [3.8, 4) is 21.8 Å². The molecule has 3 heterocycles. The van der Waals surface area contributed by atoms with Crippen LogP contribution in [0.15, 0.2) is 54.7 Å². The maximum atomic E-state index is 11.2. The molecule has 0 atom stereocenters. The molecule has 38 heavy (non-hydrogen) atoms. The molecule has 2 aromatic carbocycles. The molecule has 200 valence electrons. The van der Waals surface area contributed by atoms with Crippen molar-refractivity contribution in [2.24, 2.45) is 0 Å². The Morgan fingerprint density at radius 2 is 1.61 bits per heavy atom. The van der Waals surface area contributed by atoms with E-state index in [1.54, 1.807) is 48.9 Å². The molecular formula is C29H35N5O3S. The molecule has 0 bridgehead atoms. The van der Waals surface area contributed by atoms with E-state index < -0.39 is 5.97 Å². The minimum Gasteiger partial charge on any atom is -0.478 e. The molecule has 0 aliphatic carbocycles. The number of carboxylic acid groups (broad SMARTS) is 1. The maximum Gasteiger partial charge on any atom is 0.335 e. The van der Waals surface area contributed by atoms with Crippen LogP contribution in [0.1, 0.15) is 42.5 Å². The van der Waals surface area contributed by atoms with Crippen molar-refractivity contribution in [2.45, 2.75) is 32.1 Å². The second-order valence-electron chi connectivity index (χ2n) is 9.76. The van der Waals surface area contributed by atoms with Gasteiger partial charge in [0, 0.05) is 56.7 Å².